The summed E-state index contributed by atoms with van der Waals surface area (Å²) in [5, 5.41) is 4.18. The van der Waals surface area contributed by atoms with Crippen molar-refractivity contribution < 1.29 is 14.0 Å². The van der Waals surface area contributed by atoms with E-state index in [1.165, 1.54) is 12.1 Å². The average Bonchev–Trinajstić information content (AvgIpc) is 2.97. The molecule has 0 N–H and O–H groups in total. The number of nitrogens with zero attached hydrogens (tertiary/aromatic N) is 4. The summed E-state index contributed by atoms with van der Waals surface area (Å²) in [6.45, 7) is 7.53. The van der Waals surface area contributed by atoms with Crippen molar-refractivity contribution in [3.05, 3.63) is 53.6 Å². The van der Waals surface area contributed by atoms with Gasteiger partial charge < -0.3 is 9.80 Å². The van der Waals surface area contributed by atoms with Crippen molar-refractivity contribution in [3.63, 3.8) is 0 Å². The van der Waals surface area contributed by atoms with Crippen LogP contribution in [0.15, 0.2) is 36.7 Å². The van der Waals surface area contributed by atoms with Crippen molar-refractivity contribution in [1.82, 2.24) is 19.6 Å². The Balaban J connectivity index is 1.75. The zero-order valence-electron chi connectivity index (χ0n) is 16.6. The maximum Gasteiger partial charge on any atom is 0.244 e. The first kappa shape index (κ1) is 20.0. The number of aryl methyl sites for hydroxylation is 1. The number of hydrogen-bond donors (Lipinski definition) is 0. The summed E-state index contributed by atoms with van der Waals surface area (Å²) < 4.78 is 14.8. The lowest BCUT2D eigenvalue weighted by Gasteiger charge is -2.34. The number of amides is 2. The maximum absolute atomic E-state index is 13.2. The number of carbonyl (C=O) groups excluding carboxylic acids is 2. The van der Waals surface area contributed by atoms with Crippen LogP contribution in [0.4, 0.5) is 4.39 Å². The Hall–Kier alpha value is -2.70. The molecule has 1 aliphatic rings. The second kappa shape index (κ2) is 8.54. The molecule has 1 aliphatic heterocycles. The minimum absolute atomic E-state index is 0.0215. The minimum atomic E-state index is -0.294. The van der Waals surface area contributed by atoms with Crippen LogP contribution in [0.25, 0.3) is 0 Å². The predicted molar refractivity (Wildman–Crippen MR) is 104 cm³/mol. The quantitative estimate of drug-likeness (QED) is 0.794. The maximum atomic E-state index is 13.2. The molecule has 0 unspecified atom stereocenters. The summed E-state index contributed by atoms with van der Waals surface area (Å²) in [5.74, 6) is -0.125. The fourth-order valence-corrected chi connectivity index (χ4v) is 3.56. The molecule has 0 bridgehead atoms. The van der Waals surface area contributed by atoms with Gasteiger partial charge in [-0.1, -0.05) is 26.0 Å². The Morgan fingerprint density at radius 1 is 1.29 bits per heavy atom. The molecule has 2 aromatic rings. The lowest BCUT2D eigenvalue weighted by atomic mass is 10.0. The molecular formula is C21H27FN4O2. The normalized spacial score (nSPS) is 17.9. The molecular weight excluding hydrogens is 359 g/mol. The fraction of sp³-hybridized carbons (Fsp3) is 0.476. The van der Waals surface area contributed by atoms with Crippen LogP contribution >= 0.6 is 0 Å². The summed E-state index contributed by atoms with van der Waals surface area (Å²) in [5.41, 5.74) is 1.89. The van der Waals surface area contributed by atoms with Crippen molar-refractivity contribution in [1.29, 1.82) is 0 Å². The molecule has 1 aromatic carbocycles. The molecule has 0 radical (unpaired) electrons. The smallest absolute Gasteiger partial charge is 0.244 e. The van der Waals surface area contributed by atoms with E-state index in [0.29, 0.717) is 19.6 Å². The van der Waals surface area contributed by atoms with Gasteiger partial charge in [0.05, 0.1) is 12.2 Å². The lowest BCUT2D eigenvalue weighted by Crippen LogP contribution is -2.47. The lowest BCUT2D eigenvalue weighted by molar-refractivity contribution is -0.134. The van der Waals surface area contributed by atoms with E-state index in [2.05, 4.69) is 18.9 Å². The zero-order chi connectivity index (χ0) is 20.3. The Bertz CT molecular complexity index is 831. The van der Waals surface area contributed by atoms with Gasteiger partial charge in [-0.15, -0.1) is 0 Å². The largest absolute Gasteiger partial charge is 0.338 e. The van der Waals surface area contributed by atoms with Gasteiger partial charge in [0.15, 0.2) is 0 Å². The first-order valence-electron chi connectivity index (χ1n) is 9.64. The van der Waals surface area contributed by atoms with Crippen LogP contribution in [0.3, 0.4) is 0 Å². The van der Waals surface area contributed by atoms with Crippen LogP contribution in [0, 0.1) is 18.7 Å². The third kappa shape index (κ3) is 4.77. The monoisotopic (exact) mass is 386 g/mol. The van der Waals surface area contributed by atoms with Crippen LogP contribution in [-0.2, 0) is 22.7 Å². The molecule has 1 atom stereocenters. The molecule has 1 aromatic heterocycles. The van der Waals surface area contributed by atoms with Crippen LogP contribution in [0.5, 0.6) is 0 Å². The van der Waals surface area contributed by atoms with Gasteiger partial charge in [0.25, 0.3) is 0 Å². The van der Waals surface area contributed by atoms with Crippen LogP contribution in [0.1, 0.15) is 31.4 Å². The van der Waals surface area contributed by atoms with E-state index in [1.54, 1.807) is 27.9 Å². The molecule has 3 rings (SSSR count). The van der Waals surface area contributed by atoms with Crippen molar-refractivity contribution in [2.24, 2.45) is 5.92 Å². The topological polar surface area (TPSA) is 58.4 Å². The van der Waals surface area contributed by atoms with Gasteiger partial charge in [-0.2, -0.15) is 5.10 Å². The molecule has 28 heavy (non-hydrogen) atoms. The van der Waals surface area contributed by atoms with Gasteiger partial charge in [-0.3, -0.25) is 14.3 Å². The second-order valence-electron chi connectivity index (χ2n) is 7.76. The number of carbonyl (C=O) groups is 2. The van der Waals surface area contributed by atoms with Crippen molar-refractivity contribution in [3.8, 4) is 0 Å². The average molecular weight is 386 g/mol. The highest BCUT2D eigenvalue weighted by molar-refractivity contribution is 5.80. The van der Waals surface area contributed by atoms with E-state index in [1.807, 2.05) is 18.0 Å². The van der Waals surface area contributed by atoms with Gasteiger partial charge >= 0.3 is 0 Å². The summed E-state index contributed by atoms with van der Waals surface area (Å²) in [4.78, 5) is 29.2. The van der Waals surface area contributed by atoms with E-state index in [0.717, 1.165) is 11.1 Å². The van der Waals surface area contributed by atoms with E-state index in [4.69, 9.17) is 0 Å². The first-order valence-corrected chi connectivity index (χ1v) is 9.64. The van der Waals surface area contributed by atoms with Crippen molar-refractivity contribution >= 4 is 11.8 Å². The van der Waals surface area contributed by atoms with Crippen LogP contribution in [-0.4, -0.2) is 50.5 Å². The van der Waals surface area contributed by atoms with E-state index in [9.17, 15) is 14.0 Å². The van der Waals surface area contributed by atoms with Gasteiger partial charge in [0.2, 0.25) is 11.8 Å². The standard InChI is InChI=1S/C21H27FN4O2/c1-15(2)19-13-24(21(28)14-25-11-16(3)10-23-25)9-8-20(27)26(19)12-17-4-6-18(22)7-5-17/h4-7,10-11,15,19H,8-9,12-14H2,1-3H3/t19-/m0/s1. The van der Waals surface area contributed by atoms with Crippen LogP contribution in [0.2, 0.25) is 0 Å². The molecule has 1 fully saturated rings. The van der Waals surface area contributed by atoms with Crippen molar-refractivity contribution in [2.75, 3.05) is 13.1 Å². The number of benzene rings is 1. The highest BCUT2D eigenvalue weighted by Crippen LogP contribution is 2.21. The fourth-order valence-electron chi connectivity index (χ4n) is 3.56. The number of hydrogen-bond acceptors (Lipinski definition) is 3. The third-order valence-corrected chi connectivity index (χ3v) is 5.17. The van der Waals surface area contributed by atoms with Gasteiger partial charge in [-0.05, 0) is 36.1 Å². The predicted octanol–water partition coefficient (Wildman–Crippen LogP) is 2.62. The molecule has 6 nitrogen and oxygen atoms in total. The summed E-state index contributed by atoms with van der Waals surface area (Å²) in [6.07, 6.45) is 3.84. The Morgan fingerprint density at radius 3 is 2.61 bits per heavy atom. The zero-order valence-corrected chi connectivity index (χ0v) is 16.6. The number of rotatable bonds is 5. The van der Waals surface area contributed by atoms with Crippen LogP contribution < -0.4 is 0 Å². The highest BCUT2D eigenvalue weighted by Gasteiger charge is 2.33. The molecule has 2 heterocycles. The number of halogens is 1. The van der Waals surface area contributed by atoms with Gasteiger partial charge in [0, 0.05) is 32.3 Å². The molecule has 150 valence electrons. The van der Waals surface area contributed by atoms with Gasteiger partial charge in [-0.25, -0.2) is 4.39 Å². The molecule has 0 spiro atoms. The Kier molecular flexibility index (Phi) is 6.11. The van der Waals surface area contributed by atoms with Gasteiger partial charge in [0.1, 0.15) is 12.4 Å². The molecule has 7 heteroatoms. The Labute approximate surface area is 164 Å². The first-order chi connectivity index (χ1) is 13.3. The number of aromatic nitrogens is 2. The second-order valence-corrected chi connectivity index (χ2v) is 7.76. The molecule has 0 aliphatic carbocycles. The minimum Gasteiger partial charge on any atom is -0.338 e. The highest BCUT2D eigenvalue weighted by atomic mass is 19.1. The molecule has 2 amide bonds. The summed E-state index contributed by atoms with van der Waals surface area (Å²) >= 11 is 0. The summed E-state index contributed by atoms with van der Waals surface area (Å²) in [7, 11) is 0. The van der Waals surface area contributed by atoms with E-state index >= 15 is 0 Å². The molecule has 0 saturated carbocycles. The van der Waals surface area contributed by atoms with E-state index in [-0.39, 0.29) is 42.6 Å². The van der Waals surface area contributed by atoms with E-state index < -0.39 is 0 Å². The van der Waals surface area contributed by atoms with Crippen molar-refractivity contribution in [2.45, 2.75) is 46.3 Å². The summed E-state index contributed by atoms with van der Waals surface area (Å²) in [6, 6.07) is 6.12. The molecule has 1 saturated heterocycles. The third-order valence-electron chi connectivity index (χ3n) is 5.17. The Morgan fingerprint density at radius 2 is 2.00 bits per heavy atom. The SMILES string of the molecule is Cc1cnn(CC(=O)N2CCC(=O)N(Cc3ccc(F)cc3)[C@H](C(C)C)C2)c1.